The van der Waals surface area contributed by atoms with Crippen LogP contribution in [0.4, 0.5) is 0 Å². The summed E-state index contributed by atoms with van der Waals surface area (Å²) in [4.78, 5) is 0. The normalized spacial score (nSPS) is 18.3. The molecule has 0 spiro atoms. The molecule has 2 rings (SSSR count). The molecule has 78 valence electrons. The van der Waals surface area contributed by atoms with Gasteiger partial charge in [0.1, 0.15) is 6.33 Å². The molecule has 4 nitrogen and oxygen atoms in total. The minimum atomic E-state index is 0.640. The van der Waals surface area contributed by atoms with Crippen molar-refractivity contribution in [3.8, 4) is 0 Å². The third kappa shape index (κ3) is 2.35. The summed E-state index contributed by atoms with van der Waals surface area (Å²) in [6.07, 6.45) is 8.54. The zero-order valence-corrected chi connectivity index (χ0v) is 9.02. The summed E-state index contributed by atoms with van der Waals surface area (Å²) in [7, 11) is 0. The quantitative estimate of drug-likeness (QED) is 0.754. The van der Waals surface area contributed by atoms with Crippen LogP contribution >= 0.6 is 12.2 Å². The van der Waals surface area contributed by atoms with Gasteiger partial charge < -0.3 is 5.43 Å². The smallest absolute Gasteiger partial charge is 0.214 e. The SMILES string of the molecule is S=c1[nH]ncn1NCC1CCCCC1. The zero-order valence-electron chi connectivity index (χ0n) is 8.20. The van der Waals surface area contributed by atoms with Crippen molar-refractivity contribution in [1.29, 1.82) is 0 Å². The number of aromatic amines is 1. The van der Waals surface area contributed by atoms with E-state index >= 15 is 0 Å². The Morgan fingerprint density at radius 2 is 2.29 bits per heavy atom. The number of nitrogens with zero attached hydrogens (tertiary/aromatic N) is 2. The lowest BCUT2D eigenvalue weighted by Crippen LogP contribution is -2.23. The van der Waals surface area contributed by atoms with Crippen LogP contribution in [0, 0.1) is 10.7 Å². The number of H-pyrrole nitrogens is 1. The van der Waals surface area contributed by atoms with E-state index in [4.69, 9.17) is 12.2 Å². The van der Waals surface area contributed by atoms with E-state index in [1.165, 1.54) is 32.1 Å². The summed E-state index contributed by atoms with van der Waals surface area (Å²) < 4.78 is 2.42. The van der Waals surface area contributed by atoms with Gasteiger partial charge in [-0.05, 0) is 31.0 Å². The van der Waals surface area contributed by atoms with Gasteiger partial charge in [0, 0.05) is 6.54 Å². The Kier molecular flexibility index (Phi) is 3.18. The van der Waals surface area contributed by atoms with Gasteiger partial charge in [-0.15, -0.1) is 0 Å². The van der Waals surface area contributed by atoms with E-state index in [2.05, 4.69) is 15.6 Å². The zero-order chi connectivity index (χ0) is 9.80. The first-order chi connectivity index (χ1) is 6.86. The minimum Gasteiger partial charge on any atom is -0.322 e. The summed E-state index contributed by atoms with van der Waals surface area (Å²) in [6, 6.07) is 0. The maximum absolute atomic E-state index is 5.03. The number of hydrogen-bond donors (Lipinski definition) is 2. The summed E-state index contributed by atoms with van der Waals surface area (Å²) in [6.45, 7) is 1.01. The third-order valence-corrected chi connectivity index (χ3v) is 3.12. The standard InChI is InChI=1S/C9H16N4S/c14-9-12-10-7-13(9)11-6-8-4-2-1-3-5-8/h7-8,11H,1-6H2,(H,12,14). The van der Waals surface area contributed by atoms with Crippen molar-refractivity contribution in [1.82, 2.24) is 14.9 Å². The summed E-state index contributed by atoms with van der Waals surface area (Å²) in [5.74, 6) is 0.806. The second kappa shape index (κ2) is 4.59. The Bertz CT molecular complexity index is 324. The van der Waals surface area contributed by atoms with Crippen LogP contribution in [0.1, 0.15) is 32.1 Å². The average Bonchev–Trinajstić information content (AvgIpc) is 2.63. The maximum Gasteiger partial charge on any atom is 0.214 e. The lowest BCUT2D eigenvalue weighted by atomic mass is 9.89. The van der Waals surface area contributed by atoms with Crippen LogP contribution in [0.5, 0.6) is 0 Å². The first-order valence-electron chi connectivity index (χ1n) is 5.22. The van der Waals surface area contributed by atoms with Gasteiger partial charge in [-0.2, -0.15) is 5.10 Å². The number of aromatic nitrogens is 3. The highest BCUT2D eigenvalue weighted by atomic mass is 32.1. The van der Waals surface area contributed by atoms with Crippen molar-refractivity contribution in [3.63, 3.8) is 0 Å². The van der Waals surface area contributed by atoms with Gasteiger partial charge in [0.05, 0.1) is 0 Å². The fourth-order valence-corrected chi connectivity index (χ4v) is 2.14. The Morgan fingerprint density at radius 3 is 2.93 bits per heavy atom. The van der Waals surface area contributed by atoms with Crippen molar-refractivity contribution in [2.75, 3.05) is 12.0 Å². The lowest BCUT2D eigenvalue weighted by Gasteiger charge is -2.22. The van der Waals surface area contributed by atoms with Crippen LogP contribution in [0.2, 0.25) is 0 Å². The van der Waals surface area contributed by atoms with Crippen LogP contribution in [0.3, 0.4) is 0 Å². The molecule has 0 radical (unpaired) electrons. The van der Waals surface area contributed by atoms with Gasteiger partial charge >= 0.3 is 0 Å². The average molecular weight is 212 g/mol. The van der Waals surface area contributed by atoms with Gasteiger partial charge in [-0.25, -0.2) is 4.68 Å². The van der Waals surface area contributed by atoms with E-state index in [0.717, 1.165) is 12.5 Å². The van der Waals surface area contributed by atoms with Gasteiger partial charge in [-0.3, -0.25) is 5.10 Å². The Labute approximate surface area is 88.7 Å². The lowest BCUT2D eigenvalue weighted by molar-refractivity contribution is 0.366. The Morgan fingerprint density at radius 1 is 1.50 bits per heavy atom. The molecule has 0 aliphatic heterocycles. The molecule has 0 aromatic carbocycles. The van der Waals surface area contributed by atoms with E-state index in [1.54, 1.807) is 11.0 Å². The van der Waals surface area contributed by atoms with Gasteiger partial charge in [0.15, 0.2) is 0 Å². The Balaban J connectivity index is 1.82. The Hall–Kier alpha value is -0.840. The van der Waals surface area contributed by atoms with Crippen molar-refractivity contribution in [3.05, 3.63) is 11.1 Å². The summed E-state index contributed by atoms with van der Waals surface area (Å²) >= 11 is 5.03. The molecule has 0 atom stereocenters. The second-order valence-electron chi connectivity index (χ2n) is 3.90. The van der Waals surface area contributed by atoms with E-state index in [-0.39, 0.29) is 0 Å². The fourth-order valence-electron chi connectivity index (χ4n) is 1.98. The predicted octanol–water partition coefficient (Wildman–Crippen LogP) is 2.06. The molecule has 2 N–H and O–H groups in total. The highest BCUT2D eigenvalue weighted by Gasteiger charge is 2.12. The molecule has 1 aliphatic carbocycles. The van der Waals surface area contributed by atoms with Crippen LogP contribution in [-0.4, -0.2) is 21.4 Å². The van der Waals surface area contributed by atoms with Crippen molar-refractivity contribution >= 4 is 12.2 Å². The number of nitrogens with one attached hydrogen (secondary N) is 2. The van der Waals surface area contributed by atoms with Crippen LogP contribution < -0.4 is 5.43 Å². The first kappa shape index (κ1) is 9.71. The molecule has 1 aliphatic rings. The van der Waals surface area contributed by atoms with Crippen LogP contribution in [0.15, 0.2) is 6.33 Å². The molecule has 14 heavy (non-hydrogen) atoms. The number of hydrogen-bond acceptors (Lipinski definition) is 3. The monoisotopic (exact) mass is 212 g/mol. The van der Waals surface area contributed by atoms with E-state index in [0.29, 0.717) is 4.77 Å². The molecule has 1 saturated carbocycles. The molecule has 1 heterocycles. The van der Waals surface area contributed by atoms with Gasteiger partial charge in [0.25, 0.3) is 0 Å². The molecule has 5 heteroatoms. The van der Waals surface area contributed by atoms with E-state index in [1.807, 2.05) is 0 Å². The maximum atomic E-state index is 5.03. The highest BCUT2D eigenvalue weighted by Crippen LogP contribution is 2.22. The van der Waals surface area contributed by atoms with Gasteiger partial charge in [0.2, 0.25) is 4.77 Å². The highest BCUT2D eigenvalue weighted by molar-refractivity contribution is 7.71. The van der Waals surface area contributed by atoms with Crippen molar-refractivity contribution < 1.29 is 0 Å². The summed E-state index contributed by atoms with van der Waals surface area (Å²) in [5.41, 5.74) is 3.28. The molecule has 1 fully saturated rings. The third-order valence-electron chi connectivity index (χ3n) is 2.83. The fraction of sp³-hybridized carbons (Fsp3) is 0.778. The molecule has 1 aromatic rings. The number of rotatable bonds is 3. The van der Waals surface area contributed by atoms with Crippen molar-refractivity contribution in [2.45, 2.75) is 32.1 Å². The predicted molar refractivity (Wildman–Crippen MR) is 58.2 cm³/mol. The first-order valence-corrected chi connectivity index (χ1v) is 5.63. The molecular formula is C9H16N4S. The topological polar surface area (TPSA) is 45.6 Å². The second-order valence-corrected chi connectivity index (χ2v) is 4.28. The largest absolute Gasteiger partial charge is 0.322 e. The molecular weight excluding hydrogens is 196 g/mol. The van der Waals surface area contributed by atoms with Crippen LogP contribution in [-0.2, 0) is 0 Å². The van der Waals surface area contributed by atoms with Gasteiger partial charge in [-0.1, -0.05) is 19.3 Å². The van der Waals surface area contributed by atoms with Crippen molar-refractivity contribution in [2.24, 2.45) is 5.92 Å². The summed E-state index contributed by atoms with van der Waals surface area (Å²) in [5, 5.41) is 6.58. The molecule has 0 saturated heterocycles. The molecule has 1 aromatic heterocycles. The van der Waals surface area contributed by atoms with E-state index < -0.39 is 0 Å². The van der Waals surface area contributed by atoms with Crippen LogP contribution in [0.25, 0.3) is 0 Å². The molecule has 0 unspecified atom stereocenters. The molecule has 0 amide bonds. The van der Waals surface area contributed by atoms with E-state index in [9.17, 15) is 0 Å². The minimum absolute atomic E-state index is 0.640. The molecule has 0 bridgehead atoms.